The quantitative estimate of drug-likeness (QED) is 0.916. The van der Waals surface area contributed by atoms with Crippen molar-refractivity contribution < 1.29 is 9.18 Å². The number of benzene rings is 1. The van der Waals surface area contributed by atoms with E-state index >= 15 is 0 Å². The Kier molecular flexibility index (Phi) is 4.53. The van der Waals surface area contributed by atoms with Crippen LogP contribution in [0.1, 0.15) is 31.4 Å². The van der Waals surface area contributed by atoms with Crippen molar-refractivity contribution in [2.24, 2.45) is 13.0 Å². The normalized spacial score (nSPS) is 27.5. The standard InChI is InChI=1S/C20H25FN4O/c1-13(26)22-11-17-9-15-7-8-25(17)12-18(15)20-10-19(23-24(20)2)14-3-5-16(21)6-4-14/h3-6,10,15,17-18H,7-9,11-12H2,1-2H3,(H,22,26). The molecule has 0 saturated carbocycles. The second-order valence-electron chi connectivity index (χ2n) is 7.56. The summed E-state index contributed by atoms with van der Waals surface area (Å²) in [5.74, 6) is 0.895. The van der Waals surface area contributed by atoms with Crippen molar-refractivity contribution in [2.75, 3.05) is 19.6 Å². The second-order valence-corrected chi connectivity index (χ2v) is 7.56. The molecule has 5 rings (SSSR count). The van der Waals surface area contributed by atoms with Crippen LogP contribution in [0, 0.1) is 11.7 Å². The molecule has 1 N–H and O–H groups in total. The van der Waals surface area contributed by atoms with E-state index in [4.69, 9.17) is 0 Å². The fourth-order valence-corrected chi connectivity index (χ4v) is 4.54. The number of aryl methyl sites for hydroxylation is 1. The van der Waals surface area contributed by atoms with Crippen molar-refractivity contribution in [3.63, 3.8) is 0 Å². The average molecular weight is 356 g/mol. The van der Waals surface area contributed by atoms with Gasteiger partial charge in [-0.3, -0.25) is 14.4 Å². The zero-order valence-electron chi connectivity index (χ0n) is 15.3. The third-order valence-corrected chi connectivity index (χ3v) is 5.90. The van der Waals surface area contributed by atoms with E-state index in [2.05, 4.69) is 21.4 Å². The van der Waals surface area contributed by atoms with Gasteiger partial charge in [-0.2, -0.15) is 5.10 Å². The predicted molar refractivity (Wildman–Crippen MR) is 98.1 cm³/mol. The number of halogens is 1. The first-order valence-electron chi connectivity index (χ1n) is 9.29. The average Bonchev–Trinajstić information content (AvgIpc) is 3.02. The number of hydrogen-bond acceptors (Lipinski definition) is 3. The van der Waals surface area contributed by atoms with Crippen LogP contribution in [-0.4, -0.2) is 46.3 Å². The van der Waals surface area contributed by atoms with Crippen LogP contribution in [-0.2, 0) is 11.8 Å². The highest BCUT2D eigenvalue weighted by Gasteiger charge is 2.41. The highest BCUT2D eigenvalue weighted by Crippen LogP contribution is 2.42. The summed E-state index contributed by atoms with van der Waals surface area (Å²) >= 11 is 0. The Balaban J connectivity index is 1.52. The van der Waals surface area contributed by atoms with Crippen LogP contribution in [0.2, 0.25) is 0 Å². The Morgan fingerprint density at radius 2 is 2.12 bits per heavy atom. The Morgan fingerprint density at radius 3 is 2.77 bits per heavy atom. The molecule has 26 heavy (non-hydrogen) atoms. The molecule has 1 amide bonds. The molecule has 2 bridgehead atoms. The van der Waals surface area contributed by atoms with Crippen molar-refractivity contribution in [3.8, 4) is 11.3 Å². The minimum Gasteiger partial charge on any atom is -0.355 e. The van der Waals surface area contributed by atoms with Crippen LogP contribution >= 0.6 is 0 Å². The van der Waals surface area contributed by atoms with Gasteiger partial charge in [-0.15, -0.1) is 0 Å². The summed E-state index contributed by atoms with van der Waals surface area (Å²) in [6, 6.07) is 9.11. The van der Waals surface area contributed by atoms with Crippen molar-refractivity contribution >= 4 is 5.91 Å². The highest BCUT2D eigenvalue weighted by molar-refractivity contribution is 5.72. The van der Waals surface area contributed by atoms with Gasteiger partial charge in [-0.05, 0) is 55.6 Å². The summed E-state index contributed by atoms with van der Waals surface area (Å²) < 4.78 is 15.2. The number of hydrogen-bond donors (Lipinski definition) is 1. The van der Waals surface area contributed by atoms with Gasteiger partial charge in [-0.1, -0.05) is 0 Å². The lowest BCUT2D eigenvalue weighted by molar-refractivity contribution is -0.119. The molecule has 1 aromatic carbocycles. The molecular weight excluding hydrogens is 331 g/mol. The Hall–Kier alpha value is -2.21. The number of piperidine rings is 3. The molecule has 6 heteroatoms. The number of aromatic nitrogens is 2. The largest absolute Gasteiger partial charge is 0.355 e. The molecule has 4 atom stereocenters. The molecular formula is C20H25FN4O. The molecule has 5 nitrogen and oxygen atoms in total. The monoisotopic (exact) mass is 356 g/mol. The highest BCUT2D eigenvalue weighted by atomic mass is 19.1. The fourth-order valence-electron chi connectivity index (χ4n) is 4.54. The van der Waals surface area contributed by atoms with Gasteiger partial charge < -0.3 is 5.32 Å². The molecule has 138 valence electrons. The van der Waals surface area contributed by atoms with Gasteiger partial charge in [0.1, 0.15) is 5.82 Å². The van der Waals surface area contributed by atoms with Gasteiger partial charge in [0, 0.05) is 50.3 Å². The third-order valence-electron chi connectivity index (χ3n) is 5.90. The first-order chi connectivity index (χ1) is 12.5. The summed E-state index contributed by atoms with van der Waals surface area (Å²) in [5.41, 5.74) is 3.09. The number of nitrogens with zero attached hydrogens (tertiary/aromatic N) is 3. The maximum atomic E-state index is 13.2. The van der Waals surface area contributed by atoms with Gasteiger partial charge in [-0.25, -0.2) is 4.39 Å². The summed E-state index contributed by atoms with van der Waals surface area (Å²) in [7, 11) is 1.99. The van der Waals surface area contributed by atoms with Crippen LogP contribution in [0.4, 0.5) is 4.39 Å². The Bertz CT molecular complexity index is 801. The van der Waals surface area contributed by atoms with E-state index in [9.17, 15) is 9.18 Å². The van der Waals surface area contributed by atoms with Crippen molar-refractivity contribution in [2.45, 2.75) is 31.7 Å². The summed E-state index contributed by atoms with van der Waals surface area (Å²) in [6.45, 7) is 4.43. The van der Waals surface area contributed by atoms with Crippen molar-refractivity contribution in [3.05, 3.63) is 41.8 Å². The maximum Gasteiger partial charge on any atom is 0.216 e. The number of nitrogens with one attached hydrogen (secondary N) is 1. The number of carbonyl (C=O) groups excluding carboxylic acids is 1. The lowest BCUT2D eigenvalue weighted by atomic mass is 9.74. The molecule has 0 spiro atoms. The predicted octanol–water partition coefficient (Wildman–Crippen LogP) is 2.54. The lowest BCUT2D eigenvalue weighted by Gasteiger charge is -2.49. The first kappa shape index (κ1) is 17.2. The minimum absolute atomic E-state index is 0.0415. The number of fused-ring (bicyclic) bond motifs is 3. The molecule has 2 aromatic rings. The summed E-state index contributed by atoms with van der Waals surface area (Å²) in [6.07, 6.45) is 2.31. The van der Waals surface area contributed by atoms with E-state index in [0.29, 0.717) is 17.9 Å². The van der Waals surface area contributed by atoms with Crippen LogP contribution in [0.3, 0.4) is 0 Å². The van der Waals surface area contributed by atoms with E-state index in [-0.39, 0.29) is 11.7 Å². The van der Waals surface area contributed by atoms with E-state index in [1.54, 1.807) is 19.1 Å². The molecule has 4 unspecified atom stereocenters. The molecule has 0 aliphatic carbocycles. The van der Waals surface area contributed by atoms with E-state index in [1.807, 2.05) is 11.7 Å². The topological polar surface area (TPSA) is 50.2 Å². The Morgan fingerprint density at radius 1 is 1.35 bits per heavy atom. The van der Waals surface area contributed by atoms with Gasteiger partial charge in [0.25, 0.3) is 0 Å². The second kappa shape index (κ2) is 6.83. The van der Waals surface area contributed by atoms with Gasteiger partial charge in [0.2, 0.25) is 5.91 Å². The third kappa shape index (κ3) is 3.26. The SMILES string of the molecule is CC(=O)NCC1CC2CCN1CC2c1cc(-c2ccc(F)cc2)nn1C. The van der Waals surface area contributed by atoms with Crippen LogP contribution in [0.15, 0.2) is 30.3 Å². The zero-order chi connectivity index (χ0) is 18.3. The van der Waals surface area contributed by atoms with Crippen LogP contribution in [0.5, 0.6) is 0 Å². The fraction of sp³-hybridized carbons (Fsp3) is 0.500. The molecule has 3 fully saturated rings. The molecule has 0 radical (unpaired) electrons. The van der Waals surface area contributed by atoms with E-state index < -0.39 is 0 Å². The lowest BCUT2D eigenvalue weighted by Crippen LogP contribution is -2.56. The molecule has 1 aromatic heterocycles. The first-order valence-corrected chi connectivity index (χ1v) is 9.29. The molecule has 3 saturated heterocycles. The van der Waals surface area contributed by atoms with E-state index in [0.717, 1.165) is 37.3 Å². The number of rotatable bonds is 4. The van der Waals surface area contributed by atoms with Gasteiger partial charge in [0.15, 0.2) is 0 Å². The minimum atomic E-state index is -0.229. The van der Waals surface area contributed by atoms with Gasteiger partial charge in [0.05, 0.1) is 5.69 Å². The van der Waals surface area contributed by atoms with Crippen LogP contribution < -0.4 is 5.32 Å². The van der Waals surface area contributed by atoms with Crippen molar-refractivity contribution in [1.82, 2.24) is 20.0 Å². The zero-order valence-corrected chi connectivity index (χ0v) is 15.3. The van der Waals surface area contributed by atoms with Gasteiger partial charge >= 0.3 is 0 Å². The van der Waals surface area contributed by atoms with Crippen molar-refractivity contribution in [1.29, 1.82) is 0 Å². The number of amides is 1. The Labute approximate surface area is 153 Å². The number of carbonyl (C=O) groups is 1. The van der Waals surface area contributed by atoms with Crippen LogP contribution in [0.25, 0.3) is 11.3 Å². The summed E-state index contributed by atoms with van der Waals surface area (Å²) in [4.78, 5) is 13.7. The maximum absolute atomic E-state index is 13.2. The molecule has 3 aliphatic heterocycles. The molecule has 4 heterocycles. The van der Waals surface area contributed by atoms with E-state index in [1.165, 1.54) is 24.2 Å². The molecule has 3 aliphatic rings. The smallest absolute Gasteiger partial charge is 0.216 e. The summed E-state index contributed by atoms with van der Waals surface area (Å²) in [5, 5.41) is 7.63.